The average molecular weight is 716 g/mol. The Bertz CT molecular complexity index is 1580. The smallest absolute Gasteiger partial charge is 0.255 e. The molecule has 2 amide bonds. The first-order valence-corrected chi connectivity index (χ1v) is 17.1. The van der Waals surface area contributed by atoms with Crippen LogP contribution in [0.4, 0.5) is 11.4 Å². The van der Waals surface area contributed by atoms with E-state index in [1.807, 2.05) is 72.8 Å². The highest BCUT2D eigenvalue weighted by molar-refractivity contribution is 6.04. The molecule has 2 N–H and O–H groups in total. The number of halogens is 2. The molecule has 0 bridgehead atoms. The van der Waals surface area contributed by atoms with Crippen molar-refractivity contribution in [2.75, 3.05) is 51.9 Å². The van der Waals surface area contributed by atoms with Crippen LogP contribution in [0.3, 0.4) is 0 Å². The summed E-state index contributed by atoms with van der Waals surface area (Å²) in [4.78, 5) is 25.7. The lowest BCUT2D eigenvalue weighted by Gasteiger charge is -2.29. The van der Waals surface area contributed by atoms with Crippen LogP contribution in [0.5, 0.6) is 0 Å². The van der Waals surface area contributed by atoms with Gasteiger partial charge in [-0.3, -0.25) is 9.59 Å². The van der Waals surface area contributed by atoms with Crippen LogP contribution in [0, 0.1) is 11.8 Å². The molecule has 0 unspecified atom stereocenters. The Kier molecular flexibility index (Phi) is 16.7. The lowest BCUT2D eigenvalue weighted by atomic mass is 10.1. The zero-order valence-corrected chi connectivity index (χ0v) is 31.9. The summed E-state index contributed by atoms with van der Waals surface area (Å²) in [5, 5.41) is 5.96. The zero-order valence-electron chi connectivity index (χ0n) is 30.4. The molecular weight excluding hydrogens is 663 g/mol. The topological polar surface area (TPSA) is 58.2 Å². The number of hydrogen-bond acceptors (Lipinski definition) is 2. The Hall–Kier alpha value is -4.12. The van der Waals surface area contributed by atoms with E-state index >= 15 is 0 Å². The molecule has 0 atom stereocenters. The summed E-state index contributed by atoms with van der Waals surface area (Å²) in [6.45, 7) is 8.59. The highest BCUT2D eigenvalue weighted by Gasteiger charge is 2.17. The number of anilines is 2. The van der Waals surface area contributed by atoms with Crippen LogP contribution in [-0.4, -0.2) is 62.1 Å². The van der Waals surface area contributed by atoms with E-state index in [9.17, 15) is 9.59 Å². The number of hydrogen-bond donors (Lipinski definition) is 2. The van der Waals surface area contributed by atoms with Crippen LogP contribution >= 0.6 is 0 Å². The summed E-state index contributed by atoms with van der Waals surface area (Å²) < 4.78 is 1.87. The molecule has 0 saturated carbocycles. The number of amides is 2. The number of carbonyl (C=O) groups excluding carboxylic acids is 2. The van der Waals surface area contributed by atoms with Gasteiger partial charge in [-0.15, -0.1) is 0 Å². The molecular formula is C42H52Cl2N4O2. The molecule has 8 heteroatoms. The van der Waals surface area contributed by atoms with Gasteiger partial charge in [-0.2, -0.15) is 0 Å². The predicted molar refractivity (Wildman–Crippen MR) is 199 cm³/mol. The van der Waals surface area contributed by atoms with Crippen molar-refractivity contribution in [3.63, 3.8) is 0 Å². The number of benzene rings is 4. The molecule has 0 fully saturated rings. The van der Waals surface area contributed by atoms with Gasteiger partial charge in [0.05, 0.1) is 41.3 Å². The van der Waals surface area contributed by atoms with E-state index in [0.717, 1.165) is 57.6 Å². The van der Waals surface area contributed by atoms with Gasteiger partial charge in [0.2, 0.25) is 0 Å². The van der Waals surface area contributed by atoms with Crippen LogP contribution in [0.2, 0.25) is 0 Å². The van der Waals surface area contributed by atoms with E-state index in [4.69, 9.17) is 0 Å². The van der Waals surface area contributed by atoms with Crippen LogP contribution in [0.15, 0.2) is 97.1 Å². The second-order valence-corrected chi connectivity index (χ2v) is 14.0. The molecule has 0 aliphatic heterocycles. The molecule has 50 heavy (non-hydrogen) atoms. The van der Waals surface area contributed by atoms with E-state index in [1.54, 1.807) is 0 Å². The van der Waals surface area contributed by atoms with Crippen LogP contribution in [-0.2, 0) is 13.1 Å². The molecule has 0 heterocycles. The van der Waals surface area contributed by atoms with Crippen molar-refractivity contribution >= 4 is 23.2 Å². The predicted octanol–water partition coefficient (Wildman–Crippen LogP) is 2.35. The monoisotopic (exact) mass is 714 g/mol. The Morgan fingerprint density at radius 1 is 0.520 bits per heavy atom. The molecule has 4 aromatic rings. The molecule has 0 spiro atoms. The average Bonchev–Trinajstić information content (AvgIpc) is 3.07. The second-order valence-electron chi connectivity index (χ2n) is 14.0. The number of unbranched alkanes of at least 4 members (excludes halogenated alkanes) is 2. The third-order valence-corrected chi connectivity index (χ3v) is 8.52. The maximum Gasteiger partial charge on any atom is 0.255 e. The fourth-order valence-electron chi connectivity index (χ4n) is 5.67. The highest BCUT2D eigenvalue weighted by Crippen LogP contribution is 2.17. The standard InChI is InChI=1S/C42H50N4O2.2ClH/c1-7-9-29-45(3,4)31-35-13-21-37(22-14-35)41(47)43-39-25-17-33(18-26-39)11-12-34-19-27-40(28-20-34)44-42(48)38-23-15-36(16-24-38)32-46(5,6)30-10-8-2;;/h13-28H,7-10,29-32H2,1-6H3;2*1H. The van der Waals surface area contributed by atoms with Crippen molar-refractivity contribution in [1.82, 2.24) is 0 Å². The maximum absolute atomic E-state index is 12.8. The molecule has 266 valence electrons. The lowest BCUT2D eigenvalue weighted by Crippen LogP contribution is -3.00. The summed E-state index contributed by atoms with van der Waals surface area (Å²) >= 11 is 0. The second kappa shape index (κ2) is 19.9. The largest absolute Gasteiger partial charge is 1.00 e. The Labute approximate surface area is 312 Å². The minimum absolute atomic E-state index is 0. The SMILES string of the molecule is CCCC[N+](C)(C)Cc1ccc(C(=O)Nc2ccc(C#Cc3ccc(NC(=O)c4ccc(C[N+](C)(C)CCCC)cc4)cc3)cc2)cc1.[Cl-].[Cl-]. The summed E-state index contributed by atoms with van der Waals surface area (Å²) in [5.74, 6) is 6.08. The van der Waals surface area contributed by atoms with Gasteiger partial charge in [0.15, 0.2) is 0 Å². The first kappa shape index (κ1) is 42.0. The van der Waals surface area contributed by atoms with Gasteiger partial charge >= 0.3 is 0 Å². The van der Waals surface area contributed by atoms with Gasteiger partial charge in [0, 0.05) is 44.8 Å². The lowest BCUT2D eigenvalue weighted by molar-refractivity contribution is -0.903. The highest BCUT2D eigenvalue weighted by atomic mass is 35.5. The fraction of sp³-hybridized carbons (Fsp3) is 0.333. The van der Waals surface area contributed by atoms with E-state index in [1.165, 1.54) is 36.8 Å². The van der Waals surface area contributed by atoms with Gasteiger partial charge in [-0.1, -0.05) is 62.8 Å². The molecule has 0 aliphatic rings. The van der Waals surface area contributed by atoms with Crippen molar-refractivity contribution in [2.24, 2.45) is 0 Å². The minimum atomic E-state index is -0.134. The van der Waals surface area contributed by atoms with Gasteiger partial charge in [-0.05, 0) is 85.6 Å². The normalized spacial score (nSPS) is 10.9. The molecule has 0 saturated heterocycles. The molecule has 6 nitrogen and oxygen atoms in total. The number of nitrogens with zero attached hydrogens (tertiary/aromatic N) is 2. The molecule has 4 rings (SSSR count). The number of rotatable bonds is 14. The van der Waals surface area contributed by atoms with Gasteiger partial charge in [0.25, 0.3) is 11.8 Å². The molecule has 4 aromatic carbocycles. The van der Waals surface area contributed by atoms with E-state index < -0.39 is 0 Å². The molecule has 0 radical (unpaired) electrons. The third-order valence-electron chi connectivity index (χ3n) is 8.52. The summed E-state index contributed by atoms with van der Waals surface area (Å²) in [5.41, 5.74) is 6.85. The van der Waals surface area contributed by atoms with Crippen molar-refractivity contribution in [3.05, 3.63) is 130 Å². The van der Waals surface area contributed by atoms with E-state index in [-0.39, 0.29) is 36.6 Å². The van der Waals surface area contributed by atoms with Gasteiger partial charge < -0.3 is 44.4 Å². The van der Waals surface area contributed by atoms with E-state index in [0.29, 0.717) is 11.1 Å². The summed E-state index contributed by atoms with van der Waals surface area (Å²) in [6.07, 6.45) is 4.80. The van der Waals surface area contributed by atoms with Gasteiger partial charge in [-0.25, -0.2) is 0 Å². The van der Waals surface area contributed by atoms with Crippen LogP contribution < -0.4 is 35.4 Å². The third kappa shape index (κ3) is 13.7. The van der Waals surface area contributed by atoms with Crippen molar-refractivity contribution in [2.45, 2.75) is 52.6 Å². The minimum Gasteiger partial charge on any atom is -1.00 e. The zero-order chi connectivity index (χ0) is 34.6. The maximum atomic E-state index is 12.8. The Morgan fingerprint density at radius 3 is 1.14 bits per heavy atom. The van der Waals surface area contributed by atoms with Crippen molar-refractivity contribution < 1.29 is 43.4 Å². The number of quaternary nitrogens is 2. The number of nitrogens with one attached hydrogen (secondary N) is 2. The molecule has 0 aromatic heterocycles. The first-order valence-electron chi connectivity index (χ1n) is 17.1. The van der Waals surface area contributed by atoms with Crippen molar-refractivity contribution in [3.8, 4) is 11.8 Å². The van der Waals surface area contributed by atoms with Crippen LogP contribution in [0.25, 0.3) is 0 Å². The quantitative estimate of drug-likeness (QED) is 0.156. The Morgan fingerprint density at radius 2 is 0.840 bits per heavy atom. The van der Waals surface area contributed by atoms with E-state index in [2.05, 4.69) is 88.8 Å². The van der Waals surface area contributed by atoms with Crippen molar-refractivity contribution in [1.29, 1.82) is 0 Å². The first-order chi connectivity index (χ1) is 22.9. The molecule has 0 aliphatic carbocycles. The fourth-order valence-corrected chi connectivity index (χ4v) is 5.67. The number of carbonyl (C=O) groups is 2. The Balaban J connectivity index is 0.00000433. The summed E-state index contributed by atoms with van der Waals surface area (Å²) in [6, 6.07) is 30.8. The van der Waals surface area contributed by atoms with Gasteiger partial charge in [0.1, 0.15) is 13.1 Å². The summed E-state index contributed by atoms with van der Waals surface area (Å²) in [7, 11) is 8.99. The van der Waals surface area contributed by atoms with Crippen LogP contribution in [0.1, 0.15) is 82.5 Å².